The smallest absolute Gasteiger partial charge is 0.263 e. The Labute approximate surface area is 134 Å². The highest BCUT2D eigenvalue weighted by Gasteiger charge is 2.20. The van der Waals surface area contributed by atoms with Crippen molar-refractivity contribution in [3.05, 3.63) is 51.3 Å². The molecule has 0 bridgehead atoms. The molecule has 0 aliphatic heterocycles. The van der Waals surface area contributed by atoms with E-state index in [1.165, 1.54) is 6.20 Å². The molecule has 9 heteroatoms. The van der Waals surface area contributed by atoms with Crippen molar-refractivity contribution >= 4 is 43.4 Å². The van der Waals surface area contributed by atoms with Gasteiger partial charge in [-0.2, -0.15) is 0 Å². The third kappa shape index (κ3) is 3.52. The molecular formula is C12H9BrClFN2O3S. The van der Waals surface area contributed by atoms with Gasteiger partial charge in [0.05, 0.1) is 21.0 Å². The molecule has 0 spiro atoms. The molecule has 0 amide bonds. The second-order valence-corrected chi connectivity index (χ2v) is 6.89. The summed E-state index contributed by atoms with van der Waals surface area (Å²) >= 11 is 8.78. The normalized spacial score (nSPS) is 11.4. The molecule has 2 aromatic rings. The van der Waals surface area contributed by atoms with Crippen LogP contribution in [0.15, 0.2) is 39.8 Å². The van der Waals surface area contributed by atoms with Crippen LogP contribution in [0, 0.1) is 5.82 Å². The van der Waals surface area contributed by atoms with E-state index in [1.807, 2.05) is 0 Å². The van der Waals surface area contributed by atoms with Gasteiger partial charge in [-0.25, -0.2) is 17.8 Å². The third-order valence-corrected chi connectivity index (χ3v) is 4.93. The summed E-state index contributed by atoms with van der Waals surface area (Å²) in [7, 11) is -4.06. The van der Waals surface area contributed by atoms with Gasteiger partial charge in [0.15, 0.2) is 5.82 Å². The van der Waals surface area contributed by atoms with Crippen LogP contribution in [0.25, 0.3) is 0 Å². The molecular weight excluding hydrogens is 387 g/mol. The number of anilines is 1. The van der Waals surface area contributed by atoms with Gasteiger partial charge in [-0.3, -0.25) is 4.72 Å². The number of aliphatic hydroxyl groups is 1. The molecule has 0 fully saturated rings. The molecule has 0 atom stereocenters. The molecule has 0 radical (unpaired) electrons. The number of rotatable bonds is 4. The van der Waals surface area contributed by atoms with E-state index in [2.05, 4.69) is 25.6 Å². The van der Waals surface area contributed by atoms with Crippen molar-refractivity contribution in [3.63, 3.8) is 0 Å². The first kappa shape index (κ1) is 16.2. The van der Waals surface area contributed by atoms with Crippen LogP contribution in [0.1, 0.15) is 5.56 Å². The lowest BCUT2D eigenvalue weighted by Gasteiger charge is -2.10. The Hall–Kier alpha value is -1.22. The molecule has 112 valence electrons. The molecule has 0 aliphatic rings. The summed E-state index contributed by atoms with van der Waals surface area (Å²) in [4.78, 5) is 3.51. The summed E-state index contributed by atoms with van der Waals surface area (Å²) in [6, 6.07) is 5.10. The Morgan fingerprint density at radius 2 is 2.14 bits per heavy atom. The number of aromatic nitrogens is 1. The van der Waals surface area contributed by atoms with Gasteiger partial charge >= 0.3 is 0 Å². The van der Waals surface area contributed by atoms with Gasteiger partial charge in [0.2, 0.25) is 0 Å². The molecule has 5 nitrogen and oxygen atoms in total. The maximum absolute atomic E-state index is 13.6. The van der Waals surface area contributed by atoms with E-state index in [-0.39, 0.29) is 21.3 Å². The number of nitrogens with zero attached hydrogens (tertiary/aromatic N) is 1. The van der Waals surface area contributed by atoms with Gasteiger partial charge in [0.1, 0.15) is 5.82 Å². The fourth-order valence-electron chi connectivity index (χ4n) is 1.54. The largest absolute Gasteiger partial charge is 0.392 e. The predicted octanol–water partition coefficient (Wildman–Crippen LogP) is 2.93. The predicted molar refractivity (Wildman–Crippen MR) is 80.1 cm³/mol. The van der Waals surface area contributed by atoms with E-state index in [9.17, 15) is 12.8 Å². The Bertz CT molecular complexity index is 786. The fraction of sp³-hybridized carbons (Fsp3) is 0.0833. The van der Waals surface area contributed by atoms with Crippen LogP contribution < -0.4 is 4.72 Å². The van der Waals surface area contributed by atoms with Crippen LogP contribution in [-0.2, 0) is 16.6 Å². The van der Waals surface area contributed by atoms with Crippen LogP contribution in [0.2, 0.25) is 5.02 Å². The molecule has 2 rings (SSSR count). The summed E-state index contributed by atoms with van der Waals surface area (Å²) in [6.45, 7) is -0.577. The molecule has 0 saturated heterocycles. The zero-order valence-corrected chi connectivity index (χ0v) is 13.5. The maximum atomic E-state index is 13.6. The fourth-order valence-corrected chi connectivity index (χ4v) is 3.28. The van der Waals surface area contributed by atoms with E-state index in [0.29, 0.717) is 4.47 Å². The minimum atomic E-state index is -4.06. The van der Waals surface area contributed by atoms with E-state index in [4.69, 9.17) is 16.7 Å². The number of aliphatic hydroxyl groups excluding tert-OH is 1. The lowest BCUT2D eigenvalue weighted by molar-refractivity contribution is 0.281. The van der Waals surface area contributed by atoms with Crippen LogP contribution >= 0.6 is 27.5 Å². The number of nitrogens with one attached hydrogen (secondary N) is 1. The second kappa shape index (κ2) is 6.27. The third-order valence-electron chi connectivity index (χ3n) is 2.55. The molecule has 21 heavy (non-hydrogen) atoms. The number of hydrogen-bond donors (Lipinski definition) is 2. The van der Waals surface area contributed by atoms with Crippen molar-refractivity contribution in [2.45, 2.75) is 11.5 Å². The van der Waals surface area contributed by atoms with Gasteiger partial charge < -0.3 is 5.11 Å². The van der Waals surface area contributed by atoms with Crippen molar-refractivity contribution in [2.75, 3.05) is 4.72 Å². The Kier molecular flexibility index (Phi) is 4.82. The molecule has 2 N–H and O–H groups in total. The van der Waals surface area contributed by atoms with Crippen LogP contribution in [0.5, 0.6) is 0 Å². The second-order valence-electron chi connectivity index (χ2n) is 3.98. The van der Waals surface area contributed by atoms with Gasteiger partial charge in [-0.15, -0.1) is 0 Å². The Morgan fingerprint density at radius 1 is 1.43 bits per heavy atom. The van der Waals surface area contributed by atoms with Crippen LogP contribution in [0.4, 0.5) is 10.2 Å². The van der Waals surface area contributed by atoms with Gasteiger partial charge in [-0.05, 0) is 40.2 Å². The minimum Gasteiger partial charge on any atom is -0.392 e. The number of hydrogen-bond acceptors (Lipinski definition) is 4. The lowest BCUT2D eigenvalue weighted by atomic mass is 10.2. The van der Waals surface area contributed by atoms with Crippen molar-refractivity contribution in [3.8, 4) is 0 Å². The standard InChI is InChI=1S/C12H9BrClFN2O3S/c13-9-2-1-3-16-12(9)17-21(19,20)8-4-7(6-18)11(14)10(15)5-8/h1-5,18H,6H2,(H,16,17). The average Bonchev–Trinajstić information content (AvgIpc) is 2.44. The molecule has 1 aromatic carbocycles. The maximum Gasteiger partial charge on any atom is 0.263 e. The SMILES string of the molecule is O=S(=O)(Nc1ncccc1Br)c1cc(F)c(Cl)c(CO)c1. The van der Waals surface area contributed by atoms with E-state index < -0.39 is 22.4 Å². The summed E-state index contributed by atoms with van der Waals surface area (Å²) in [5, 5.41) is 8.77. The summed E-state index contributed by atoms with van der Waals surface area (Å²) < 4.78 is 40.7. The zero-order chi connectivity index (χ0) is 15.6. The van der Waals surface area contributed by atoms with E-state index >= 15 is 0 Å². The monoisotopic (exact) mass is 394 g/mol. The zero-order valence-electron chi connectivity index (χ0n) is 10.3. The van der Waals surface area contributed by atoms with Crippen molar-refractivity contribution in [1.29, 1.82) is 0 Å². The van der Waals surface area contributed by atoms with E-state index in [0.717, 1.165) is 12.1 Å². The minimum absolute atomic E-state index is 0.0165. The number of sulfonamides is 1. The van der Waals surface area contributed by atoms with Crippen molar-refractivity contribution in [1.82, 2.24) is 4.98 Å². The number of pyridine rings is 1. The van der Waals surface area contributed by atoms with E-state index in [1.54, 1.807) is 12.1 Å². The molecule has 0 unspecified atom stereocenters. The van der Waals surface area contributed by atoms with Crippen LogP contribution in [0.3, 0.4) is 0 Å². The highest BCUT2D eigenvalue weighted by atomic mass is 79.9. The first-order valence-corrected chi connectivity index (χ1v) is 8.22. The summed E-state index contributed by atoms with van der Waals surface area (Å²) in [5.41, 5.74) is -0.0165. The average molecular weight is 396 g/mol. The first-order valence-electron chi connectivity index (χ1n) is 5.57. The summed E-state index contributed by atoms with van der Waals surface area (Å²) in [5.74, 6) is -0.859. The topological polar surface area (TPSA) is 79.3 Å². The first-order chi connectivity index (χ1) is 9.85. The van der Waals surface area contributed by atoms with Crippen LogP contribution in [-0.4, -0.2) is 18.5 Å². The number of benzene rings is 1. The molecule has 0 saturated carbocycles. The Morgan fingerprint density at radius 3 is 2.76 bits per heavy atom. The van der Waals surface area contributed by atoms with Gasteiger partial charge in [0.25, 0.3) is 10.0 Å². The van der Waals surface area contributed by atoms with Crippen molar-refractivity contribution < 1.29 is 17.9 Å². The quantitative estimate of drug-likeness (QED) is 0.834. The molecule has 0 aliphatic carbocycles. The van der Waals surface area contributed by atoms with Crippen molar-refractivity contribution in [2.24, 2.45) is 0 Å². The van der Waals surface area contributed by atoms with Gasteiger partial charge in [0, 0.05) is 11.8 Å². The number of halogens is 3. The highest BCUT2D eigenvalue weighted by Crippen LogP contribution is 2.27. The van der Waals surface area contributed by atoms with Gasteiger partial charge in [-0.1, -0.05) is 11.6 Å². The lowest BCUT2D eigenvalue weighted by Crippen LogP contribution is -2.15. The highest BCUT2D eigenvalue weighted by molar-refractivity contribution is 9.10. The summed E-state index contributed by atoms with van der Waals surface area (Å²) in [6.07, 6.45) is 1.41. The molecule has 1 heterocycles. The molecule has 1 aromatic heterocycles. The Balaban J connectivity index is 2.45.